The van der Waals surface area contributed by atoms with Gasteiger partial charge in [0, 0.05) is 31.5 Å². The summed E-state index contributed by atoms with van der Waals surface area (Å²) in [7, 11) is 5.03. The van der Waals surface area contributed by atoms with Gasteiger partial charge in [-0.2, -0.15) is 23.4 Å². The van der Waals surface area contributed by atoms with Crippen molar-refractivity contribution in [1.29, 1.82) is 5.26 Å². The minimum absolute atomic E-state index is 0.142. The Balaban J connectivity index is 1.72. The minimum Gasteiger partial charge on any atom is -0.454 e. The molecule has 3 aromatic heterocycles. The van der Waals surface area contributed by atoms with Gasteiger partial charge in [0.25, 0.3) is 0 Å². The number of nitrogens with two attached hydrogens (primary N) is 1. The van der Waals surface area contributed by atoms with Crippen molar-refractivity contribution >= 4 is 28.6 Å². The van der Waals surface area contributed by atoms with Gasteiger partial charge in [-0.3, -0.25) is 0 Å². The summed E-state index contributed by atoms with van der Waals surface area (Å²) in [5.74, 6) is 1.00. The van der Waals surface area contributed by atoms with Gasteiger partial charge in [0.1, 0.15) is 28.7 Å². The molecule has 0 saturated carbocycles. The molecule has 0 bridgehead atoms. The van der Waals surface area contributed by atoms with Crippen LogP contribution in [0, 0.1) is 11.3 Å². The van der Waals surface area contributed by atoms with E-state index in [2.05, 4.69) is 26.3 Å². The molecule has 180 valence electrons. The van der Waals surface area contributed by atoms with E-state index >= 15 is 0 Å². The van der Waals surface area contributed by atoms with Crippen LogP contribution in [0.1, 0.15) is 16.7 Å². The molecule has 12 heteroatoms. The molecule has 0 radical (unpaired) electrons. The number of hydrogen-bond acceptors (Lipinski definition) is 8. The third kappa shape index (κ3) is 4.95. The molecular weight excluding hydrogens is 461 g/mol. The number of nitrogens with one attached hydrogen (secondary N) is 1. The molecule has 4 rings (SSSR count). The second kappa shape index (κ2) is 9.11. The molecule has 3 heterocycles. The first-order chi connectivity index (χ1) is 16.6. The molecule has 0 atom stereocenters. The molecule has 35 heavy (non-hydrogen) atoms. The first-order valence-electron chi connectivity index (χ1n) is 10.3. The molecule has 1 aromatic carbocycles. The second-order valence-corrected chi connectivity index (χ2v) is 8.03. The lowest BCUT2D eigenvalue weighted by molar-refractivity contribution is -0.138. The van der Waals surface area contributed by atoms with Crippen LogP contribution < -0.4 is 15.8 Å². The third-order valence-corrected chi connectivity index (χ3v) is 5.11. The smallest absolute Gasteiger partial charge is 0.416 e. The fourth-order valence-corrected chi connectivity index (χ4v) is 3.60. The molecule has 0 saturated heterocycles. The van der Waals surface area contributed by atoms with Crippen molar-refractivity contribution in [2.45, 2.75) is 12.7 Å². The van der Waals surface area contributed by atoms with Crippen LogP contribution in [0.3, 0.4) is 0 Å². The Hall–Kier alpha value is -4.37. The van der Waals surface area contributed by atoms with Gasteiger partial charge in [0.05, 0.1) is 11.8 Å². The number of aromatic nitrogens is 4. The third-order valence-electron chi connectivity index (χ3n) is 5.11. The Morgan fingerprint density at radius 1 is 1.20 bits per heavy atom. The minimum atomic E-state index is -4.52. The van der Waals surface area contributed by atoms with Crippen LogP contribution in [0.4, 0.5) is 30.6 Å². The topological polar surface area (TPSA) is 118 Å². The molecule has 4 aromatic rings. The van der Waals surface area contributed by atoms with Crippen molar-refractivity contribution in [2.24, 2.45) is 7.05 Å². The number of anilines is 3. The van der Waals surface area contributed by atoms with Gasteiger partial charge in [-0.15, -0.1) is 0 Å². The van der Waals surface area contributed by atoms with Crippen molar-refractivity contribution in [1.82, 2.24) is 24.4 Å². The van der Waals surface area contributed by atoms with Gasteiger partial charge in [-0.25, -0.2) is 9.97 Å². The summed E-state index contributed by atoms with van der Waals surface area (Å²) in [5.41, 5.74) is 6.04. The number of alkyl halides is 3. The summed E-state index contributed by atoms with van der Waals surface area (Å²) < 4.78 is 48.3. The number of nitrogens with zero attached hydrogens (tertiary/aromatic N) is 6. The average Bonchev–Trinajstić information content (AvgIpc) is 3.09. The van der Waals surface area contributed by atoms with Crippen molar-refractivity contribution in [3.8, 4) is 17.6 Å². The van der Waals surface area contributed by atoms with E-state index in [1.54, 1.807) is 38.2 Å². The molecule has 3 N–H and O–H groups in total. The van der Waals surface area contributed by atoms with Crippen LogP contribution in [0.25, 0.3) is 11.2 Å². The molecule has 0 spiro atoms. The highest BCUT2D eigenvalue weighted by atomic mass is 19.4. The maximum atomic E-state index is 13.7. The Morgan fingerprint density at radius 3 is 2.63 bits per heavy atom. The summed E-state index contributed by atoms with van der Waals surface area (Å²) in [5, 5.41) is 12.7. The largest absolute Gasteiger partial charge is 0.454 e. The maximum absolute atomic E-state index is 13.7. The summed E-state index contributed by atoms with van der Waals surface area (Å²) in [6.07, 6.45) is -1.70. The van der Waals surface area contributed by atoms with Crippen molar-refractivity contribution < 1.29 is 17.9 Å². The fraction of sp³-hybridized carbons (Fsp3) is 0.217. The zero-order valence-electron chi connectivity index (χ0n) is 19.1. The van der Waals surface area contributed by atoms with Gasteiger partial charge in [-0.05, 0) is 37.9 Å². The van der Waals surface area contributed by atoms with E-state index in [-0.39, 0.29) is 46.5 Å². The van der Waals surface area contributed by atoms with Crippen molar-refractivity contribution in [3.05, 3.63) is 59.4 Å². The highest BCUT2D eigenvalue weighted by molar-refractivity contribution is 5.84. The number of aryl methyl sites for hydroxylation is 1. The molecule has 9 nitrogen and oxygen atoms in total. The number of benzene rings is 1. The highest BCUT2D eigenvalue weighted by Crippen LogP contribution is 2.36. The molecule has 0 fully saturated rings. The number of rotatable bonds is 6. The SMILES string of the molecule is CN(C)Cc1ccc(Nc2nc3ncc(Oc4ccnc(N)c4)c(C#N)c3n2C)cc1C(F)(F)F. The number of nitrogen functional groups attached to an aromatic ring is 1. The number of ether oxygens (including phenoxy) is 1. The molecule has 0 aliphatic rings. The quantitative estimate of drug-likeness (QED) is 0.414. The van der Waals surface area contributed by atoms with Gasteiger partial charge in [0.2, 0.25) is 5.95 Å². The first-order valence-corrected chi connectivity index (χ1v) is 10.3. The zero-order valence-corrected chi connectivity index (χ0v) is 19.1. The lowest BCUT2D eigenvalue weighted by Crippen LogP contribution is -2.16. The summed E-state index contributed by atoms with van der Waals surface area (Å²) in [6.45, 7) is 0.142. The number of pyridine rings is 2. The number of nitriles is 1. The van der Waals surface area contributed by atoms with E-state index in [1.807, 2.05) is 0 Å². The summed E-state index contributed by atoms with van der Waals surface area (Å²) in [4.78, 5) is 14.2. The average molecular weight is 482 g/mol. The summed E-state index contributed by atoms with van der Waals surface area (Å²) >= 11 is 0. The van der Waals surface area contributed by atoms with Crippen LogP contribution in [-0.2, 0) is 19.8 Å². The number of halogens is 3. The Morgan fingerprint density at radius 2 is 1.97 bits per heavy atom. The van der Waals surface area contributed by atoms with Crippen LogP contribution in [0.2, 0.25) is 0 Å². The van der Waals surface area contributed by atoms with Crippen molar-refractivity contribution in [2.75, 3.05) is 25.1 Å². The molecule has 0 amide bonds. The fourth-order valence-electron chi connectivity index (χ4n) is 3.60. The van der Waals surface area contributed by atoms with Crippen molar-refractivity contribution in [3.63, 3.8) is 0 Å². The van der Waals surface area contributed by atoms with Crippen LogP contribution in [-0.4, -0.2) is 38.5 Å². The van der Waals surface area contributed by atoms with Crippen LogP contribution >= 0.6 is 0 Å². The van der Waals surface area contributed by atoms with E-state index in [0.29, 0.717) is 11.3 Å². The van der Waals surface area contributed by atoms with E-state index in [0.717, 1.165) is 6.07 Å². The lowest BCUT2D eigenvalue weighted by Gasteiger charge is -2.18. The lowest BCUT2D eigenvalue weighted by atomic mass is 10.1. The second-order valence-electron chi connectivity index (χ2n) is 8.03. The van der Waals surface area contributed by atoms with E-state index in [4.69, 9.17) is 10.5 Å². The van der Waals surface area contributed by atoms with E-state index in [9.17, 15) is 18.4 Å². The standard InChI is InChI=1S/C23H21F3N8O/c1-33(2)12-13-4-5-14(8-17(13)23(24,25)26)31-22-32-21-20(34(22)3)16(10-27)18(11-30-21)35-15-6-7-29-19(28)9-15/h4-9,11H,12H2,1-3H3,(H2,28,29)(H,30,31,32). The van der Waals surface area contributed by atoms with Gasteiger partial charge < -0.3 is 25.3 Å². The van der Waals surface area contributed by atoms with Crippen LogP contribution in [0.5, 0.6) is 11.5 Å². The number of imidazole rings is 1. The Bertz CT molecular complexity index is 1440. The number of hydrogen-bond donors (Lipinski definition) is 2. The highest BCUT2D eigenvalue weighted by Gasteiger charge is 2.33. The Kier molecular flexibility index (Phi) is 6.19. The van der Waals surface area contributed by atoms with Gasteiger partial charge in [0.15, 0.2) is 11.4 Å². The Labute approximate surface area is 198 Å². The predicted octanol–water partition coefficient (Wildman–Crippen LogP) is 4.43. The number of fused-ring (bicyclic) bond motifs is 1. The molecule has 0 unspecified atom stereocenters. The zero-order chi connectivity index (χ0) is 25.3. The van der Waals surface area contributed by atoms with Crippen LogP contribution in [0.15, 0.2) is 42.7 Å². The van der Waals surface area contributed by atoms with E-state index < -0.39 is 11.7 Å². The summed E-state index contributed by atoms with van der Waals surface area (Å²) in [6, 6.07) is 9.19. The van der Waals surface area contributed by atoms with Gasteiger partial charge in [-0.1, -0.05) is 6.07 Å². The van der Waals surface area contributed by atoms with E-state index in [1.165, 1.54) is 29.1 Å². The molecule has 0 aliphatic heterocycles. The maximum Gasteiger partial charge on any atom is 0.416 e. The monoisotopic (exact) mass is 482 g/mol. The predicted molar refractivity (Wildman–Crippen MR) is 124 cm³/mol. The van der Waals surface area contributed by atoms with Gasteiger partial charge >= 0.3 is 6.18 Å². The molecular formula is C23H21F3N8O. The first kappa shape index (κ1) is 23.8. The molecule has 0 aliphatic carbocycles. The normalized spacial score (nSPS) is 11.6.